The number of rotatable bonds is 1. The van der Waals surface area contributed by atoms with Gasteiger partial charge in [0.05, 0.1) is 20.3 Å². The molecular formula is C20H27NO3. The number of likely N-dealkylation sites (tertiary alicyclic amines) is 1. The minimum Gasteiger partial charge on any atom is -0.497 e. The highest BCUT2D eigenvalue weighted by molar-refractivity contribution is 5.46. The van der Waals surface area contributed by atoms with Gasteiger partial charge < -0.3 is 19.1 Å². The van der Waals surface area contributed by atoms with Gasteiger partial charge in [-0.1, -0.05) is 6.07 Å². The van der Waals surface area contributed by atoms with Gasteiger partial charge in [0.2, 0.25) is 0 Å². The first kappa shape index (κ1) is 15.2. The summed E-state index contributed by atoms with van der Waals surface area (Å²) in [5.41, 5.74) is 3.19. The van der Waals surface area contributed by atoms with Gasteiger partial charge in [0, 0.05) is 24.3 Å². The third kappa shape index (κ3) is 1.97. The number of nitrogens with zero attached hydrogens (tertiary/aromatic N) is 1. The van der Waals surface area contributed by atoms with Crippen LogP contribution in [0.2, 0.25) is 0 Å². The summed E-state index contributed by atoms with van der Waals surface area (Å²) in [6, 6.07) is 7.36. The number of benzene rings is 1. The molecule has 1 saturated carbocycles. The molecule has 2 aliphatic heterocycles. The first-order chi connectivity index (χ1) is 11.7. The van der Waals surface area contributed by atoms with Gasteiger partial charge >= 0.3 is 0 Å². The van der Waals surface area contributed by atoms with Gasteiger partial charge in [0.25, 0.3) is 0 Å². The fourth-order valence-electron chi connectivity index (χ4n) is 6.06. The van der Waals surface area contributed by atoms with Crippen LogP contribution in [0.1, 0.15) is 36.8 Å². The maximum absolute atomic E-state index is 6.15. The third-order valence-corrected chi connectivity index (χ3v) is 7.17. The van der Waals surface area contributed by atoms with E-state index in [2.05, 4.69) is 30.1 Å². The standard InChI is InChI=1S/C20H27NO3/c1-21-8-7-19-13-20(23-9-10-24-20)6-5-16(19)18(21)11-14-3-4-15(22-2)12-17(14)19/h3-4,12,16,18H,5-11,13H2,1-2H3/t16-,18-,19+/m0/s1. The second-order valence-corrected chi connectivity index (χ2v) is 8.11. The van der Waals surface area contributed by atoms with E-state index < -0.39 is 0 Å². The second kappa shape index (κ2) is 5.20. The van der Waals surface area contributed by atoms with Crippen molar-refractivity contribution in [2.45, 2.75) is 49.3 Å². The Labute approximate surface area is 144 Å². The minimum atomic E-state index is -0.339. The largest absolute Gasteiger partial charge is 0.497 e. The number of methoxy groups -OCH3 is 1. The van der Waals surface area contributed by atoms with E-state index in [1.165, 1.54) is 24.0 Å². The molecule has 5 rings (SSSR count). The Bertz CT molecular complexity index is 654. The molecular weight excluding hydrogens is 302 g/mol. The summed E-state index contributed by atoms with van der Waals surface area (Å²) in [7, 11) is 4.07. The third-order valence-electron chi connectivity index (χ3n) is 7.17. The molecule has 4 heteroatoms. The average Bonchev–Trinajstić information content (AvgIpc) is 3.05. The predicted octanol–water partition coefficient (Wildman–Crippen LogP) is 2.74. The summed E-state index contributed by atoms with van der Waals surface area (Å²) in [6.45, 7) is 2.65. The maximum atomic E-state index is 6.15. The molecule has 0 aromatic heterocycles. The Morgan fingerprint density at radius 2 is 2.04 bits per heavy atom. The lowest BCUT2D eigenvalue weighted by atomic mass is 9.51. The van der Waals surface area contributed by atoms with Gasteiger partial charge in [-0.25, -0.2) is 0 Å². The van der Waals surface area contributed by atoms with Crippen LogP contribution in [0.25, 0.3) is 0 Å². The molecule has 1 aromatic carbocycles. The van der Waals surface area contributed by atoms with Crippen molar-refractivity contribution in [3.63, 3.8) is 0 Å². The van der Waals surface area contributed by atoms with E-state index in [-0.39, 0.29) is 11.2 Å². The lowest BCUT2D eigenvalue weighted by Crippen LogP contribution is -2.63. The highest BCUT2D eigenvalue weighted by Crippen LogP contribution is 2.59. The number of hydrogen-bond acceptors (Lipinski definition) is 4. The number of hydrogen-bond donors (Lipinski definition) is 0. The summed E-state index contributed by atoms with van der Waals surface area (Å²) in [4.78, 5) is 2.59. The molecule has 4 nitrogen and oxygen atoms in total. The fraction of sp³-hybridized carbons (Fsp3) is 0.700. The van der Waals surface area contributed by atoms with Gasteiger partial charge in [0.15, 0.2) is 5.79 Å². The predicted molar refractivity (Wildman–Crippen MR) is 91.4 cm³/mol. The molecule has 3 fully saturated rings. The Morgan fingerprint density at radius 1 is 1.21 bits per heavy atom. The molecule has 2 bridgehead atoms. The van der Waals surface area contributed by atoms with E-state index in [4.69, 9.17) is 14.2 Å². The van der Waals surface area contributed by atoms with Crippen LogP contribution in [0.3, 0.4) is 0 Å². The molecule has 2 saturated heterocycles. The first-order valence-corrected chi connectivity index (χ1v) is 9.31. The van der Waals surface area contributed by atoms with Crippen LogP contribution >= 0.6 is 0 Å². The van der Waals surface area contributed by atoms with Crippen molar-refractivity contribution in [2.24, 2.45) is 5.92 Å². The summed E-state index contributed by atoms with van der Waals surface area (Å²) in [6.07, 6.45) is 5.61. The summed E-state index contributed by atoms with van der Waals surface area (Å²) >= 11 is 0. The number of piperidine rings is 1. The molecule has 0 unspecified atom stereocenters. The van der Waals surface area contributed by atoms with Crippen LogP contribution in [-0.2, 0) is 21.3 Å². The van der Waals surface area contributed by atoms with E-state index in [1.807, 2.05) is 0 Å². The Hall–Kier alpha value is -1.10. The normalized spacial score (nSPS) is 37.1. The molecule has 3 atom stereocenters. The molecule has 2 aliphatic carbocycles. The number of ether oxygens (including phenoxy) is 3. The maximum Gasteiger partial charge on any atom is 0.169 e. The van der Waals surface area contributed by atoms with Crippen molar-refractivity contribution >= 4 is 0 Å². The van der Waals surface area contributed by atoms with Crippen LogP contribution < -0.4 is 4.74 Å². The minimum absolute atomic E-state index is 0.182. The molecule has 2 heterocycles. The summed E-state index contributed by atoms with van der Waals surface area (Å²) < 4.78 is 17.9. The van der Waals surface area contributed by atoms with Crippen molar-refractivity contribution in [1.82, 2.24) is 4.90 Å². The second-order valence-electron chi connectivity index (χ2n) is 8.11. The quantitative estimate of drug-likeness (QED) is 0.793. The van der Waals surface area contributed by atoms with Crippen molar-refractivity contribution in [3.8, 4) is 5.75 Å². The van der Waals surface area contributed by atoms with Crippen LogP contribution in [-0.4, -0.2) is 50.6 Å². The lowest BCUT2D eigenvalue weighted by Gasteiger charge is -2.60. The van der Waals surface area contributed by atoms with Gasteiger partial charge in [-0.2, -0.15) is 0 Å². The Balaban J connectivity index is 1.65. The van der Waals surface area contributed by atoms with Crippen molar-refractivity contribution in [1.29, 1.82) is 0 Å². The average molecular weight is 329 g/mol. The van der Waals surface area contributed by atoms with E-state index in [1.54, 1.807) is 7.11 Å². The zero-order valence-corrected chi connectivity index (χ0v) is 14.7. The summed E-state index contributed by atoms with van der Waals surface area (Å²) in [5, 5.41) is 0. The molecule has 0 radical (unpaired) electrons. The fourth-order valence-corrected chi connectivity index (χ4v) is 6.06. The first-order valence-electron chi connectivity index (χ1n) is 9.31. The van der Waals surface area contributed by atoms with Gasteiger partial charge in [-0.15, -0.1) is 0 Å². The Kier molecular flexibility index (Phi) is 3.29. The lowest BCUT2D eigenvalue weighted by molar-refractivity contribution is -0.212. The molecule has 0 N–H and O–H groups in total. The summed E-state index contributed by atoms with van der Waals surface area (Å²) in [5.74, 6) is 1.34. The van der Waals surface area contributed by atoms with Gasteiger partial charge in [0.1, 0.15) is 5.75 Å². The van der Waals surface area contributed by atoms with E-state index in [9.17, 15) is 0 Å². The van der Waals surface area contributed by atoms with Gasteiger partial charge in [-0.3, -0.25) is 0 Å². The smallest absolute Gasteiger partial charge is 0.169 e. The van der Waals surface area contributed by atoms with Crippen LogP contribution in [0.5, 0.6) is 5.75 Å². The van der Waals surface area contributed by atoms with Gasteiger partial charge in [-0.05, 0) is 62.0 Å². The molecule has 0 amide bonds. The Morgan fingerprint density at radius 3 is 2.83 bits per heavy atom. The molecule has 4 aliphatic rings. The van der Waals surface area contributed by atoms with Crippen LogP contribution in [0, 0.1) is 5.92 Å². The van der Waals surface area contributed by atoms with E-state index in [0.717, 1.165) is 44.8 Å². The van der Waals surface area contributed by atoms with E-state index in [0.29, 0.717) is 12.0 Å². The SMILES string of the molecule is COc1ccc2c(c1)[C@@]13CCN(C)[C@@H](C2)[C@@H]1CCC1(C3)OCCO1. The molecule has 130 valence electrons. The highest BCUT2D eigenvalue weighted by Gasteiger charge is 2.60. The zero-order valence-electron chi connectivity index (χ0n) is 14.7. The van der Waals surface area contributed by atoms with Crippen LogP contribution in [0.4, 0.5) is 0 Å². The van der Waals surface area contributed by atoms with Crippen molar-refractivity contribution in [3.05, 3.63) is 29.3 Å². The molecule has 1 aromatic rings. The monoisotopic (exact) mass is 329 g/mol. The van der Waals surface area contributed by atoms with E-state index >= 15 is 0 Å². The highest BCUT2D eigenvalue weighted by atomic mass is 16.7. The number of likely N-dealkylation sites (N-methyl/N-ethyl adjacent to an activating group) is 1. The van der Waals surface area contributed by atoms with Crippen LogP contribution in [0.15, 0.2) is 18.2 Å². The molecule has 1 spiro atoms. The molecule has 24 heavy (non-hydrogen) atoms. The van der Waals surface area contributed by atoms with Crippen molar-refractivity contribution < 1.29 is 14.2 Å². The van der Waals surface area contributed by atoms with Crippen molar-refractivity contribution in [2.75, 3.05) is 33.9 Å². The number of fused-ring (bicyclic) bond motifs is 1. The topological polar surface area (TPSA) is 30.9 Å². The zero-order chi connectivity index (χ0) is 16.4.